The van der Waals surface area contributed by atoms with Crippen LogP contribution in [0.25, 0.3) is 0 Å². The van der Waals surface area contributed by atoms with Crippen molar-refractivity contribution in [3.63, 3.8) is 0 Å². The van der Waals surface area contributed by atoms with Crippen LogP contribution in [0.2, 0.25) is 30.1 Å². The molecule has 30 heavy (non-hydrogen) atoms. The second kappa shape index (κ2) is 12.8. The molecule has 3 nitrogen and oxygen atoms in total. The van der Waals surface area contributed by atoms with Crippen molar-refractivity contribution in [2.24, 2.45) is 9.98 Å². The molecule has 1 aromatic heterocycles. The summed E-state index contributed by atoms with van der Waals surface area (Å²) in [6, 6.07) is 9.81. The van der Waals surface area contributed by atoms with Gasteiger partial charge in [-0.15, -0.1) is 11.4 Å². The van der Waals surface area contributed by atoms with E-state index >= 15 is 0 Å². The van der Waals surface area contributed by atoms with Crippen molar-refractivity contribution < 1.29 is 13.1 Å². The Labute approximate surface area is 217 Å². The molecule has 0 saturated carbocycles. The molecular weight excluding hydrogens is 598 g/mol. The van der Waals surface area contributed by atoms with Crippen LogP contribution in [0.5, 0.6) is 0 Å². The molecule has 0 unspecified atom stereocenters. The van der Waals surface area contributed by atoms with Gasteiger partial charge in [-0.2, -0.15) is 0 Å². The molecule has 0 fully saturated rings. The number of hydrogen-bond donors (Lipinski definition) is 0. The fraction of sp³-hybridized carbons (Fsp3) is 0. The van der Waals surface area contributed by atoms with E-state index in [9.17, 15) is 0 Å². The maximum atomic E-state index is 6.11. The number of aromatic nitrogens is 1. The number of benzene rings is 2. The minimum absolute atomic E-state index is 0.194. The Bertz CT molecular complexity index is 953. The molecule has 1 heterocycles. The summed E-state index contributed by atoms with van der Waals surface area (Å²) in [6.45, 7) is 0. The van der Waals surface area contributed by atoms with Crippen LogP contribution >= 0.6 is 89.8 Å². The second-order valence-electron chi connectivity index (χ2n) is 5.30. The van der Waals surface area contributed by atoms with Gasteiger partial charge in [0.25, 0.3) is 0 Å². The molecule has 12 heteroatoms. The summed E-state index contributed by atoms with van der Waals surface area (Å²) in [5, 5.41) is 2.28. The van der Waals surface area contributed by atoms with Gasteiger partial charge in [-0.1, -0.05) is 81.7 Å². The summed E-state index contributed by atoms with van der Waals surface area (Å²) in [5.41, 5.74) is 2.04. The van der Waals surface area contributed by atoms with E-state index in [4.69, 9.17) is 89.8 Å². The molecule has 2 aromatic carbocycles. The average molecular weight is 606 g/mol. The van der Waals surface area contributed by atoms with Crippen LogP contribution in [0.4, 0.5) is 11.4 Å². The molecule has 0 spiro atoms. The third-order valence-electron chi connectivity index (χ3n) is 3.30. The molecule has 0 aliphatic heterocycles. The van der Waals surface area contributed by atoms with Crippen LogP contribution in [0.3, 0.4) is 0 Å². The molecule has 0 aliphatic rings. The molecule has 3 rings (SSSR count). The zero-order valence-corrected chi connectivity index (χ0v) is 21.5. The van der Waals surface area contributed by atoms with Crippen molar-refractivity contribution in [3.05, 3.63) is 77.9 Å². The van der Waals surface area contributed by atoms with E-state index in [1.165, 1.54) is 0 Å². The van der Waals surface area contributed by atoms with E-state index in [0.29, 0.717) is 52.9 Å². The van der Waals surface area contributed by atoms with E-state index < -0.39 is 0 Å². The van der Waals surface area contributed by atoms with Crippen molar-refractivity contribution in [1.82, 2.24) is 4.98 Å². The monoisotopic (exact) mass is 602 g/mol. The van der Waals surface area contributed by atoms with Gasteiger partial charge in [0.2, 0.25) is 0 Å². The zero-order chi connectivity index (χ0) is 22.3. The Morgan fingerprint density at radius 1 is 0.633 bits per heavy atom. The fourth-order valence-corrected chi connectivity index (χ4v) is 3.94. The third kappa shape index (κ3) is 7.79. The first kappa shape index (κ1) is 26.2. The summed E-state index contributed by atoms with van der Waals surface area (Å²) in [6.07, 6.45) is 3.08. The Hall–Kier alpha value is -0.101. The molecule has 0 aliphatic carbocycles. The van der Waals surface area contributed by atoms with Crippen LogP contribution in [0.1, 0.15) is 11.4 Å². The minimum atomic E-state index is 0.194. The van der Waals surface area contributed by atoms with Crippen LogP contribution < -0.4 is 4.98 Å². The molecule has 0 radical (unpaired) electrons. The molecule has 0 N–H and O–H groups in total. The molecule has 0 bridgehead atoms. The molecule has 0 atom stereocenters. The van der Waals surface area contributed by atoms with Gasteiger partial charge in [-0.25, -0.2) is 0 Å². The normalized spacial score (nSPS) is 11.2. The van der Waals surface area contributed by atoms with Crippen LogP contribution in [0.15, 0.2) is 46.4 Å². The summed E-state index contributed by atoms with van der Waals surface area (Å²) in [5.74, 6) is 0. The third-order valence-corrected chi connectivity index (χ3v) is 4.89. The van der Waals surface area contributed by atoms with Crippen LogP contribution in [0, 0.1) is 0 Å². The first-order valence-corrected chi connectivity index (χ1v) is 12.9. The van der Waals surface area contributed by atoms with Crippen molar-refractivity contribution in [3.8, 4) is 0 Å². The van der Waals surface area contributed by atoms with Crippen molar-refractivity contribution in [2.45, 2.75) is 0 Å². The number of rotatable bonds is 4. The number of aliphatic imine (C=N–C) groups is 2. The van der Waals surface area contributed by atoms with Gasteiger partial charge < -0.3 is 4.98 Å². The molecule has 159 valence electrons. The standard InChI is InChI=1S/C18H8Cl6N3.2ClH.Fe/c19-9-3-13(21)17(14(22)4-9)25-7-11-1-2-12(27-11)8-26-18-15(23)5-10(20)6-16(18)24;;;/h1-8H;2*1H;/q-1;;;+3/p-2. The summed E-state index contributed by atoms with van der Waals surface area (Å²) < 4.78 is 0. The first-order chi connectivity index (χ1) is 14.2. The van der Waals surface area contributed by atoms with Gasteiger partial charge in [0.1, 0.15) is 11.4 Å². The van der Waals surface area contributed by atoms with E-state index in [1.54, 1.807) is 48.8 Å². The summed E-state index contributed by atoms with van der Waals surface area (Å²) in [7, 11) is 9.53. The molecule has 3 aromatic rings. The SMILES string of the molecule is Clc1cc(Cl)c(N=Cc2ccc(C=Nc3c(Cl)cc(Cl)cc3Cl)[n-]2)c(Cl)c1.[Cl][Fe+][Cl]. The van der Waals surface area contributed by atoms with Gasteiger partial charge in [0, 0.05) is 22.5 Å². The van der Waals surface area contributed by atoms with Crippen molar-refractivity contribution in [2.75, 3.05) is 0 Å². The topological polar surface area (TPSA) is 38.8 Å². The van der Waals surface area contributed by atoms with Crippen LogP contribution in [-0.4, -0.2) is 12.4 Å². The Kier molecular flexibility index (Phi) is 11.2. The van der Waals surface area contributed by atoms with Crippen molar-refractivity contribution >= 4 is 114 Å². The van der Waals surface area contributed by atoms with E-state index in [0.717, 1.165) is 0 Å². The first-order valence-electron chi connectivity index (χ1n) is 7.61. The van der Waals surface area contributed by atoms with Crippen molar-refractivity contribution in [1.29, 1.82) is 0 Å². The van der Waals surface area contributed by atoms with E-state index in [1.807, 2.05) is 0 Å². The number of halogens is 8. The predicted molar refractivity (Wildman–Crippen MR) is 129 cm³/mol. The van der Waals surface area contributed by atoms with Gasteiger partial charge in [-0.05, 0) is 24.3 Å². The Balaban J connectivity index is 0.00000101. The van der Waals surface area contributed by atoms with Gasteiger partial charge in [-0.3, -0.25) is 9.98 Å². The van der Waals surface area contributed by atoms with E-state index in [2.05, 4.69) is 15.0 Å². The molecule has 0 amide bonds. The second-order valence-corrected chi connectivity index (χ2v) is 9.62. The summed E-state index contributed by atoms with van der Waals surface area (Å²) >= 11 is 36.4. The fourth-order valence-electron chi connectivity index (χ4n) is 2.12. The zero-order valence-electron chi connectivity index (χ0n) is 14.3. The Morgan fingerprint density at radius 2 is 0.933 bits per heavy atom. The van der Waals surface area contributed by atoms with E-state index in [-0.39, 0.29) is 13.1 Å². The Morgan fingerprint density at radius 3 is 1.23 bits per heavy atom. The van der Waals surface area contributed by atoms with Gasteiger partial charge in [0.15, 0.2) is 0 Å². The molecular formula is C18H8Cl8FeN3. The number of hydrogen-bond acceptors (Lipinski definition) is 2. The maximum absolute atomic E-state index is 6.11. The van der Waals surface area contributed by atoms with Gasteiger partial charge >= 0.3 is 33.3 Å². The van der Waals surface area contributed by atoms with Gasteiger partial charge in [0.05, 0.1) is 20.1 Å². The van der Waals surface area contributed by atoms with Crippen LogP contribution in [-0.2, 0) is 13.1 Å². The average Bonchev–Trinajstić information content (AvgIpc) is 3.08. The molecule has 0 saturated heterocycles. The summed E-state index contributed by atoms with van der Waals surface area (Å²) in [4.78, 5) is 12.9. The quantitative estimate of drug-likeness (QED) is 0.216. The predicted octanol–water partition coefficient (Wildman–Crippen LogP) is 9.44. The number of nitrogens with zero attached hydrogens (tertiary/aromatic N) is 3.